The van der Waals surface area contributed by atoms with E-state index in [1.165, 1.54) is 5.56 Å². The number of guanidine groups is 1. The van der Waals surface area contributed by atoms with Crippen LogP contribution in [0, 0.1) is 0 Å². The second-order valence-electron chi connectivity index (χ2n) is 6.43. The van der Waals surface area contributed by atoms with Gasteiger partial charge in [-0.25, -0.2) is 0 Å². The summed E-state index contributed by atoms with van der Waals surface area (Å²) < 4.78 is 10.8. The second-order valence-corrected chi connectivity index (χ2v) is 6.43. The molecule has 1 N–H and O–H groups in total. The molecule has 0 aliphatic carbocycles. The summed E-state index contributed by atoms with van der Waals surface area (Å²) in [6, 6.07) is 16.8. The van der Waals surface area contributed by atoms with Crippen LogP contribution in [0.5, 0.6) is 11.5 Å². The van der Waals surface area contributed by atoms with Crippen molar-refractivity contribution < 1.29 is 9.47 Å². The Bertz CT molecular complexity index is 761. The molecule has 2 heterocycles. The zero-order valence-corrected chi connectivity index (χ0v) is 14.4. The lowest BCUT2D eigenvalue weighted by atomic mass is 9.99. The molecule has 0 amide bonds. The standard InChI is InChI=1S/C20H23N3O2/c1-21-20(22-12-15-7-8-18-19(11-15)25-14-24-18)23-10-9-17(13-23)16-5-3-2-4-6-16/h2-8,11,17H,9-10,12-14H2,1H3,(H,21,22). The summed E-state index contributed by atoms with van der Waals surface area (Å²) in [6.07, 6.45) is 1.16. The van der Waals surface area contributed by atoms with Gasteiger partial charge in [-0.1, -0.05) is 36.4 Å². The highest BCUT2D eigenvalue weighted by Crippen LogP contribution is 2.32. The summed E-state index contributed by atoms with van der Waals surface area (Å²) in [4.78, 5) is 6.80. The van der Waals surface area contributed by atoms with Gasteiger partial charge in [0.2, 0.25) is 6.79 Å². The lowest BCUT2D eigenvalue weighted by Crippen LogP contribution is -2.39. The third-order valence-electron chi connectivity index (χ3n) is 4.86. The van der Waals surface area contributed by atoms with Crippen molar-refractivity contribution in [2.75, 3.05) is 26.9 Å². The topological polar surface area (TPSA) is 46.1 Å². The fourth-order valence-electron chi connectivity index (χ4n) is 3.51. The van der Waals surface area contributed by atoms with E-state index in [9.17, 15) is 0 Å². The summed E-state index contributed by atoms with van der Waals surface area (Å²) in [6.45, 7) is 3.06. The third kappa shape index (κ3) is 3.40. The average molecular weight is 337 g/mol. The molecule has 1 saturated heterocycles. The van der Waals surface area contributed by atoms with Crippen LogP contribution in [0.1, 0.15) is 23.5 Å². The molecule has 1 fully saturated rings. The van der Waals surface area contributed by atoms with Crippen molar-refractivity contribution in [3.63, 3.8) is 0 Å². The van der Waals surface area contributed by atoms with E-state index in [0.717, 1.165) is 49.1 Å². The van der Waals surface area contributed by atoms with Gasteiger partial charge in [-0.3, -0.25) is 4.99 Å². The summed E-state index contributed by atoms with van der Waals surface area (Å²) in [5.74, 6) is 3.17. The molecule has 0 bridgehead atoms. The van der Waals surface area contributed by atoms with Gasteiger partial charge < -0.3 is 19.7 Å². The monoisotopic (exact) mass is 337 g/mol. The highest BCUT2D eigenvalue weighted by molar-refractivity contribution is 5.80. The molecule has 5 heteroatoms. The summed E-state index contributed by atoms with van der Waals surface area (Å²) in [7, 11) is 1.85. The van der Waals surface area contributed by atoms with Crippen LogP contribution in [-0.4, -0.2) is 37.8 Å². The van der Waals surface area contributed by atoms with Gasteiger partial charge in [-0.2, -0.15) is 0 Å². The maximum absolute atomic E-state index is 5.44. The minimum Gasteiger partial charge on any atom is -0.454 e. The number of nitrogens with one attached hydrogen (secondary N) is 1. The molecule has 2 aromatic carbocycles. The van der Waals surface area contributed by atoms with Crippen LogP contribution in [0.2, 0.25) is 0 Å². The zero-order valence-electron chi connectivity index (χ0n) is 14.4. The lowest BCUT2D eigenvalue weighted by molar-refractivity contribution is 0.174. The number of nitrogens with zero attached hydrogens (tertiary/aromatic N) is 2. The Kier molecular flexibility index (Phi) is 4.46. The van der Waals surface area contributed by atoms with Crippen molar-refractivity contribution in [3.05, 3.63) is 59.7 Å². The Morgan fingerprint density at radius 1 is 1.16 bits per heavy atom. The van der Waals surface area contributed by atoms with Crippen molar-refractivity contribution in [1.29, 1.82) is 0 Å². The van der Waals surface area contributed by atoms with Gasteiger partial charge in [-0.15, -0.1) is 0 Å². The van der Waals surface area contributed by atoms with E-state index in [1.54, 1.807) is 0 Å². The molecule has 4 rings (SSSR count). The fraction of sp³-hybridized carbons (Fsp3) is 0.350. The Balaban J connectivity index is 1.37. The molecule has 2 aromatic rings. The Labute approximate surface area is 148 Å². The van der Waals surface area contributed by atoms with Crippen LogP contribution in [0.4, 0.5) is 0 Å². The predicted molar refractivity (Wildman–Crippen MR) is 98.1 cm³/mol. The number of benzene rings is 2. The summed E-state index contributed by atoms with van der Waals surface area (Å²) >= 11 is 0. The maximum Gasteiger partial charge on any atom is 0.231 e. The molecule has 130 valence electrons. The highest BCUT2D eigenvalue weighted by atomic mass is 16.7. The van der Waals surface area contributed by atoms with Crippen molar-refractivity contribution in [3.8, 4) is 11.5 Å². The molecular weight excluding hydrogens is 314 g/mol. The lowest BCUT2D eigenvalue weighted by Gasteiger charge is -2.22. The zero-order chi connectivity index (χ0) is 17.1. The molecule has 25 heavy (non-hydrogen) atoms. The SMILES string of the molecule is CN=C(NCc1ccc2c(c1)OCO2)N1CCC(c2ccccc2)C1. The molecule has 0 saturated carbocycles. The first-order valence-electron chi connectivity index (χ1n) is 8.72. The van der Waals surface area contributed by atoms with Gasteiger partial charge in [0, 0.05) is 32.6 Å². The second kappa shape index (κ2) is 7.05. The molecule has 0 radical (unpaired) electrons. The van der Waals surface area contributed by atoms with Gasteiger partial charge in [0.1, 0.15) is 0 Å². The van der Waals surface area contributed by atoms with Gasteiger partial charge in [0.15, 0.2) is 17.5 Å². The molecule has 0 aromatic heterocycles. The largest absolute Gasteiger partial charge is 0.454 e. The van der Waals surface area contributed by atoms with E-state index >= 15 is 0 Å². The van der Waals surface area contributed by atoms with Crippen molar-refractivity contribution >= 4 is 5.96 Å². The number of ether oxygens (including phenoxy) is 2. The molecule has 2 aliphatic rings. The fourth-order valence-corrected chi connectivity index (χ4v) is 3.51. The number of likely N-dealkylation sites (tertiary alicyclic amines) is 1. The van der Waals surface area contributed by atoms with Crippen LogP contribution >= 0.6 is 0 Å². The van der Waals surface area contributed by atoms with E-state index in [2.05, 4.69) is 51.6 Å². The predicted octanol–water partition coefficient (Wildman–Crippen LogP) is 2.98. The number of aliphatic imine (C=N–C) groups is 1. The summed E-state index contributed by atoms with van der Waals surface area (Å²) in [5.41, 5.74) is 2.57. The maximum atomic E-state index is 5.44. The number of hydrogen-bond donors (Lipinski definition) is 1. The molecular formula is C20H23N3O2. The quantitative estimate of drug-likeness (QED) is 0.691. The van der Waals surface area contributed by atoms with Crippen LogP contribution in [0.3, 0.4) is 0 Å². The average Bonchev–Trinajstić information content (AvgIpc) is 3.32. The molecule has 1 atom stereocenters. The first-order chi connectivity index (χ1) is 12.3. The van der Waals surface area contributed by atoms with E-state index in [4.69, 9.17) is 9.47 Å². The Morgan fingerprint density at radius 3 is 2.84 bits per heavy atom. The first kappa shape index (κ1) is 15.8. The number of hydrogen-bond acceptors (Lipinski definition) is 3. The molecule has 2 aliphatic heterocycles. The van der Waals surface area contributed by atoms with Gasteiger partial charge in [-0.05, 0) is 29.7 Å². The first-order valence-corrected chi connectivity index (χ1v) is 8.72. The molecule has 5 nitrogen and oxygen atoms in total. The van der Waals surface area contributed by atoms with Gasteiger partial charge in [0.25, 0.3) is 0 Å². The van der Waals surface area contributed by atoms with E-state index < -0.39 is 0 Å². The summed E-state index contributed by atoms with van der Waals surface area (Å²) in [5, 5.41) is 3.47. The van der Waals surface area contributed by atoms with Crippen LogP contribution in [-0.2, 0) is 6.54 Å². The minimum atomic E-state index is 0.308. The van der Waals surface area contributed by atoms with E-state index in [0.29, 0.717) is 12.7 Å². The van der Waals surface area contributed by atoms with Crippen molar-refractivity contribution in [2.24, 2.45) is 4.99 Å². The third-order valence-corrected chi connectivity index (χ3v) is 4.86. The highest BCUT2D eigenvalue weighted by Gasteiger charge is 2.25. The van der Waals surface area contributed by atoms with Crippen LogP contribution in [0.15, 0.2) is 53.5 Å². The Hall–Kier alpha value is -2.69. The van der Waals surface area contributed by atoms with Crippen molar-refractivity contribution in [2.45, 2.75) is 18.9 Å². The van der Waals surface area contributed by atoms with E-state index in [1.807, 2.05) is 19.2 Å². The van der Waals surface area contributed by atoms with Gasteiger partial charge in [0.05, 0.1) is 0 Å². The van der Waals surface area contributed by atoms with Crippen LogP contribution in [0.25, 0.3) is 0 Å². The number of fused-ring (bicyclic) bond motifs is 1. The molecule has 0 spiro atoms. The van der Waals surface area contributed by atoms with Gasteiger partial charge >= 0.3 is 0 Å². The normalized spacial score (nSPS) is 19.3. The van der Waals surface area contributed by atoms with Crippen LogP contribution < -0.4 is 14.8 Å². The van der Waals surface area contributed by atoms with Crippen molar-refractivity contribution in [1.82, 2.24) is 10.2 Å². The van der Waals surface area contributed by atoms with E-state index in [-0.39, 0.29) is 0 Å². The number of rotatable bonds is 3. The Morgan fingerprint density at radius 2 is 2.00 bits per heavy atom. The minimum absolute atomic E-state index is 0.308. The molecule has 1 unspecified atom stereocenters. The smallest absolute Gasteiger partial charge is 0.231 e.